The number of rotatable bonds is 10. The molecule has 5 aromatic rings. The number of aromatic nitrogens is 2. The van der Waals surface area contributed by atoms with E-state index in [2.05, 4.69) is 4.99 Å². The van der Waals surface area contributed by atoms with Gasteiger partial charge >= 0.3 is 5.97 Å². The molecule has 12 heteroatoms. The first-order valence-corrected chi connectivity index (χ1v) is 15.4. The number of hydrogen-bond donors (Lipinski definition) is 0. The molecule has 1 atom stereocenters. The second-order valence-electron chi connectivity index (χ2n) is 10.4. The highest BCUT2D eigenvalue weighted by atomic mass is 32.1. The van der Waals surface area contributed by atoms with Crippen molar-refractivity contribution in [3.8, 4) is 11.5 Å². The number of fused-ring (bicyclic) bond motifs is 2. The molecule has 46 heavy (non-hydrogen) atoms. The summed E-state index contributed by atoms with van der Waals surface area (Å²) in [7, 11) is 1.29. The van der Waals surface area contributed by atoms with Crippen molar-refractivity contribution in [1.29, 1.82) is 0 Å². The van der Waals surface area contributed by atoms with Gasteiger partial charge in [-0.15, -0.1) is 0 Å². The van der Waals surface area contributed by atoms with Crippen LogP contribution in [0.15, 0.2) is 94.5 Å². The van der Waals surface area contributed by atoms with E-state index >= 15 is 0 Å². The summed E-state index contributed by atoms with van der Waals surface area (Å²) >= 11 is 1.23. The average Bonchev–Trinajstić information content (AvgIpc) is 3.57. The minimum absolute atomic E-state index is 0.0326. The largest absolute Gasteiger partial charge is 0.490 e. The number of carbonyl (C=O) groups excluding carboxylic acids is 1. The Kier molecular flexibility index (Phi) is 8.53. The molecule has 0 radical (unpaired) electrons. The molecule has 1 aliphatic heterocycles. The molecule has 11 nitrogen and oxygen atoms in total. The molecule has 1 aliphatic rings. The number of hydrogen-bond acceptors (Lipinski definition) is 9. The van der Waals surface area contributed by atoms with Crippen molar-refractivity contribution >= 4 is 40.0 Å². The Hall–Kier alpha value is -5.49. The molecule has 0 amide bonds. The molecule has 3 aromatic carbocycles. The van der Waals surface area contributed by atoms with Crippen LogP contribution in [0.2, 0.25) is 0 Å². The number of nitrogens with zero attached hydrogens (tertiary/aromatic N) is 4. The highest BCUT2D eigenvalue weighted by molar-refractivity contribution is 7.07. The molecule has 0 aliphatic carbocycles. The molecule has 0 saturated carbocycles. The molecule has 3 heterocycles. The Balaban J connectivity index is 1.46. The smallest absolute Gasteiger partial charge is 0.337 e. The first-order valence-electron chi connectivity index (χ1n) is 14.6. The van der Waals surface area contributed by atoms with Gasteiger partial charge in [-0.25, -0.2) is 9.79 Å². The van der Waals surface area contributed by atoms with Gasteiger partial charge in [0.1, 0.15) is 0 Å². The zero-order valence-electron chi connectivity index (χ0n) is 25.3. The molecule has 234 valence electrons. The quantitative estimate of drug-likeness (QED) is 0.123. The van der Waals surface area contributed by atoms with Gasteiger partial charge in [0.15, 0.2) is 16.3 Å². The molecule has 0 fully saturated rings. The van der Waals surface area contributed by atoms with Gasteiger partial charge in [-0.3, -0.25) is 19.5 Å². The number of benzene rings is 3. The third-order valence-electron chi connectivity index (χ3n) is 7.61. The van der Waals surface area contributed by atoms with E-state index in [0.717, 1.165) is 22.0 Å². The summed E-state index contributed by atoms with van der Waals surface area (Å²) in [5, 5.41) is 12.0. The van der Waals surface area contributed by atoms with Gasteiger partial charge in [0.2, 0.25) is 0 Å². The lowest BCUT2D eigenvalue weighted by molar-refractivity contribution is -0.384. The third-order valence-corrected chi connectivity index (χ3v) is 8.61. The number of carbonyl (C=O) groups is 1. The Labute approximate surface area is 267 Å². The predicted octanol–water partition coefficient (Wildman–Crippen LogP) is 4.73. The Morgan fingerprint density at radius 2 is 1.78 bits per heavy atom. The number of ether oxygens (including phenoxy) is 3. The van der Waals surface area contributed by atoms with Crippen LogP contribution in [0, 0.1) is 10.1 Å². The summed E-state index contributed by atoms with van der Waals surface area (Å²) in [6.07, 6.45) is 5.25. The van der Waals surface area contributed by atoms with E-state index in [1.165, 1.54) is 41.3 Å². The monoisotopic (exact) mass is 638 g/mol. The van der Waals surface area contributed by atoms with E-state index in [1.807, 2.05) is 61.0 Å². The minimum Gasteiger partial charge on any atom is -0.490 e. The van der Waals surface area contributed by atoms with Crippen LogP contribution < -0.4 is 24.4 Å². The van der Waals surface area contributed by atoms with Crippen LogP contribution in [0.3, 0.4) is 0 Å². The van der Waals surface area contributed by atoms with Gasteiger partial charge in [0, 0.05) is 47.5 Å². The molecule has 0 saturated heterocycles. The van der Waals surface area contributed by atoms with Crippen molar-refractivity contribution in [3.05, 3.63) is 131 Å². The standard InChI is InChI=1S/C34H30N4O7S/c1-4-44-28-15-12-22(16-29(28)45-5-2)31-26(33(40)43-3)18-35-34-37(31)32(39)30(46-34)17-23-20-36(27-9-7-6-8-25(23)27)19-21-10-13-24(14-11-21)38(41)42/h6-18,20,31H,4-5,19H2,1-3H3/b30-17+/t31-/m1/s1. The average molecular weight is 639 g/mol. The van der Waals surface area contributed by atoms with Crippen molar-refractivity contribution < 1.29 is 23.9 Å². The van der Waals surface area contributed by atoms with Crippen LogP contribution in [0.25, 0.3) is 17.0 Å². The Morgan fingerprint density at radius 3 is 2.50 bits per heavy atom. The maximum Gasteiger partial charge on any atom is 0.337 e. The molecule has 2 aromatic heterocycles. The predicted molar refractivity (Wildman–Crippen MR) is 174 cm³/mol. The number of methoxy groups -OCH3 is 1. The number of para-hydroxylation sites is 1. The lowest BCUT2D eigenvalue weighted by Gasteiger charge is -2.23. The van der Waals surface area contributed by atoms with Crippen LogP contribution >= 0.6 is 11.3 Å². The first kappa shape index (κ1) is 30.5. The normalized spacial score (nSPS) is 14.4. The second kappa shape index (κ2) is 12.9. The van der Waals surface area contributed by atoms with E-state index < -0.39 is 16.9 Å². The lowest BCUT2D eigenvalue weighted by atomic mass is 9.97. The lowest BCUT2D eigenvalue weighted by Crippen LogP contribution is -2.39. The third kappa shape index (κ3) is 5.70. The molecular formula is C34H30N4O7S. The van der Waals surface area contributed by atoms with E-state index in [0.29, 0.717) is 46.2 Å². The zero-order chi connectivity index (χ0) is 32.4. The number of thiazole rings is 1. The van der Waals surface area contributed by atoms with Crippen LogP contribution in [0.4, 0.5) is 5.69 Å². The summed E-state index contributed by atoms with van der Waals surface area (Å²) in [6, 6.07) is 18.9. The summed E-state index contributed by atoms with van der Waals surface area (Å²) in [5.74, 6) is 0.476. The minimum atomic E-state index is -0.802. The molecule has 0 unspecified atom stereocenters. The second-order valence-corrected chi connectivity index (χ2v) is 11.4. The topological polar surface area (TPSA) is 127 Å². The highest BCUT2D eigenvalue weighted by Crippen LogP contribution is 2.35. The fourth-order valence-corrected chi connectivity index (χ4v) is 6.53. The Morgan fingerprint density at radius 1 is 1.04 bits per heavy atom. The van der Waals surface area contributed by atoms with Crippen molar-refractivity contribution in [3.63, 3.8) is 0 Å². The van der Waals surface area contributed by atoms with Crippen molar-refractivity contribution in [2.24, 2.45) is 4.99 Å². The van der Waals surface area contributed by atoms with E-state index in [1.54, 1.807) is 24.3 Å². The fraction of sp³-hybridized carbons (Fsp3) is 0.206. The molecule has 6 rings (SSSR count). The maximum atomic E-state index is 14.1. The van der Waals surface area contributed by atoms with E-state index in [9.17, 15) is 19.7 Å². The van der Waals surface area contributed by atoms with Gasteiger partial charge in [-0.2, -0.15) is 0 Å². The first-order chi connectivity index (χ1) is 22.3. The molecule has 0 N–H and O–H groups in total. The van der Waals surface area contributed by atoms with Crippen molar-refractivity contribution in [2.45, 2.75) is 26.4 Å². The summed E-state index contributed by atoms with van der Waals surface area (Å²) in [6.45, 7) is 5.09. The van der Waals surface area contributed by atoms with Crippen LogP contribution in [-0.4, -0.2) is 40.4 Å². The van der Waals surface area contributed by atoms with Gasteiger partial charge < -0.3 is 18.8 Å². The van der Waals surface area contributed by atoms with Crippen LogP contribution in [0.1, 0.15) is 36.6 Å². The molecule has 0 spiro atoms. The molecular weight excluding hydrogens is 608 g/mol. The van der Waals surface area contributed by atoms with Gasteiger partial charge in [0.25, 0.3) is 11.2 Å². The number of nitro groups is 1. The van der Waals surface area contributed by atoms with Gasteiger partial charge in [0.05, 0.1) is 41.4 Å². The summed E-state index contributed by atoms with van der Waals surface area (Å²) < 4.78 is 20.7. The summed E-state index contributed by atoms with van der Waals surface area (Å²) in [5.41, 5.74) is 3.26. The Bertz CT molecular complexity index is 2180. The highest BCUT2D eigenvalue weighted by Gasteiger charge is 2.31. The zero-order valence-corrected chi connectivity index (χ0v) is 26.2. The van der Waals surface area contributed by atoms with Crippen LogP contribution in [0.5, 0.6) is 11.5 Å². The summed E-state index contributed by atoms with van der Waals surface area (Å²) in [4.78, 5) is 42.7. The number of non-ortho nitro benzene ring substituents is 1. The molecule has 0 bridgehead atoms. The van der Waals surface area contributed by atoms with Crippen LogP contribution in [-0.2, 0) is 16.1 Å². The fourth-order valence-electron chi connectivity index (χ4n) is 5.57. The van der Waals surface area contributed by atoms with E-state index in [4.69, 9.17) is 14.2 Å². The SMILES string of the molecule is CCOc1ccc([C@@H]2C(C(=O)OC)=CN=c3s/c(=C/c4cn(Cc5ccc([N+](=O)[O-])cc5)c5ccccc45)c(=O)n32)cc1OCC. The maximum absolute atomic E-state index is 14.1. The van der Waals surface area contributed by atoms with E-state index in [-0.39, 0.29) is 16.8 Å². The van der Waals surface area contributed by atoms with Gasteiger partial charge in [-0.05, 0) is 49.2 Å². The van der Waals surface area contributed by atoms with Crippen molar-refractivity contribution in [1.82, 2.24) is 9.13 Å². The number of nitro benzene ring substituents is 1. The van der Waals surface area contributed by atoms with Gasteiger partial charge in [-0.1, -0.05) is 47.7 Å². The van der Waals surface area contributed by atoms with Crippen molar-refractivity contribution in [2.75, 3.05) is 20.3 Å². The number of esters is 1.